The van der Waals surface area contributed by atoms with Gasteiger partial charge in [0.25, 0.3) is 5.56 Å². The molecule has 4 heteroatoms. The van der Waals surface area contributed by atoms with Crippen molar-refractivity contribution < 1.29 is 4.74 Å². The molecule has 2 aromatic carbocycles. The molecular formula is C25H26N2O2. The Labute approximate surface area is 170 Å². The Bertz CT molecular complexity index is 1110. The minimum Gasteiger partial charge on any atom is -0.487 e. The SMILES string of the molecule is CC1C2CC3CC1(Oc1ccccc1)CC(C2)C3c1nc2ccccc2c(=O)[nH]1. The summed E-state index contributed by atoms with van der Waals surface area (Å²) in [6.45, 7) is 2.39. The van der Waals surface area contributed by atoms with E-state index in [1.807, 2.05) is 42.5 Å². The average molecular weight is 386 g/mol. The van der Waals surface area contributed by atoms with Crippen LogP contribution in [-0.2, 0) is 0 Å². The number of nitrogens with zero attached hydrogens (tertiary/aromatic N) is 1. The number of hydrogen-bond acceptors (Lipinski definition) is 3. The molecule has 4 fully saturated rings. The highest BCUT2D eigenvalue weighted by Crippen LogP contribution is 2.64. The van der Waals surface area contributed by atoms with E-state index in [1.165, 1.54) is 12.8 Å². The van der Waals surface area contributed by atoms with E-state index in [-0.39, 0.29) is 11.2 Å². The van der Waals surface area contributed by atoms with Gasteiger partial charge in [-0.3, -0.25) is 4.79 Å². The normalized spacial score (nSPS) is 35.1. The lowest BCUT2D eigenvalue weighted by Crippen LogP contribution is -2.61. The quantitative estimate of drug-likeness (QED) is 0.696. The molecule has 29 heavy (non-hydrogen) atoms. The Balaban J connectivity index is 1.38. The molecule has 1 heterocycles. The van der Waals surface area contributed by atoms with E-state index in [9.17, 15) is 4.79 Å². The maximum absolute atomic E-state index is 12.7. The maximum Gasteiger partial charge on any atom is 0.258 e. The Morgan fingerprint density at radius 1 is 0.966 bits per heavy atom. The number of rotatable bonds is 3. The first-order valence-electron chi connectivity index (χ1n) is 10.9. The van der Waals surface area contributed by atoms with Gasteiger partial charge in [0.15, 0.2) is 0 Å². The van der Waals surface area contributed by atoms with E-state index < -0.39 is 0 Å². The fourth-order valence-corrected chi connectivity index (χ4v) is 6.76. The second kappa shape index (κ2) is 6.19. The van der Waals surface area contributed by atoms with Crippen LogP contribution in [0.4, 0.5) is 0 Å². The predicted octanol–water partition coefficient (Wildman–Crippen LogP) is 4.91. The largest absolute Gasteiger partial charge is 0.487 e. The molecule has 1 N–H and O–H groups in total. The number of fused-ring (bicyclic) bond motifs is 1. The first kappa shape index (κ1) is 17.3. The third-order valence-electron chi connectivity index (χ3n) is 7.99. The molecule has 3 unspecified atom stereocenters. The highest BCUT2D eigenvalue weighted by atomic mass is 16.5. The lowest BCUT2D eigenvalue weighted by Gasteiger charge is -2.62. The standard InChI is InChI=1S/C25H26N2O2/c1-15-16-11-17-13-25(15,29-19-7-3-2-4-8-19)14-18(12-16)22(17)23-26-21-10-6-5-9-20(21)24(28)27-23/h2-10,15-18,22H,11-14H2,1H3,(H,26,27,28). The molecule has 4 aliphatic rings. The number of nitrogens with one attached hydrogen (secondary N) is 1. The van der Waals surface area contributed by atoms with Crippen LogP contribution in [0.5, 0.6) is 5.75 Å². The smallest absolute Gasteiger partial charge is 0.258 e. The van der Waals surface area contributed by atoms with E-state index in [0.717, 1.165) is 29.9 Å². The molecule has 4 bridgehead atoms. The van der Waals surface area contributed by atoms with Crippen molar-refractivity contribution in [3.8, 4) is 5.75 Å². The van der Waals surface area contributed by atoms with Crippen molar-refractivity contribution in [2.24, 2.45) is 23.7 Å². The summed E-state index contributed by atoms with van der Waals surface area (Å²) < 4.78 is 6.71. The van der Waals surface area contributed by atoms with E-state index in [2.05, 4.69) is 24.0 Å². The number of benzene rings is 2. The molecule has 0 aliphatic heterocycles. The molecule has 4 saturated carbocycles. The van der Waals surface area contributed by atoms with Crippen LogP contribution >= 0.6 is 0 Å². The van der Waals surface area contributed by atoms with Crippen LogP contribution in [0, 0.1) is 23.7 Å². The molecule has 4 aliphatic carbocycles. The van der Waals surface area contributed by atoms with Crippen molar-refractivity contribution in [1.82, 2.24) is 9.97 Å². The molecule has 1 aromatic heterocycles. The van der Waals surface area contributed by atoms with Crippen molar-refractivity contribution in [3.05, 3.63) is 70.8 Å². The van der Waals surface area contributed by atoms with Crippen LogP contribution in [0.2, 0.25) is 0 Å². The van der Waals surface area contributed by atoms with E-state index >= 15 is 0 Å². The fourth-order valence-electron chi connectivity index (χ4n) is 6.76. The highest BCUT2D eigenvalue weighted by Gasteiger charge is 2.61. The van der Waals surface area contributed by atoms with Crippen LogP contribution in [0.3, 0.4) is 0 Å². The number of hydrogen-bond donors (Lipinski definition) is 1. The van der Waals surface area contributed by atoms with Gasteiger partial charge in [0.2, 0.25) is 0 Å². The number of aromatic nitrogens is 2. The van der Waals surface area contributed by atoms with E-state index in [0.29, 0.717) is 35.0 Å². The number of para-hydroxylation sites is 2. The summed E-state index contributed by atoms with van der Waals surface area (Å²) in [7, 11) is 0. The van der Waals surface area contributed by atoms with Gasteiger partial charge < -0.3 is 9.72 Å². The summed E-state index contributed by atoms with van der Waals surface area (Å²) in [5.41, 5.74) is 0.720. The zero-order valence-corrected chi connectivity index (χ0v) is 16.7. The average Bonchev–Trinajstić information content (AvgIpc) is 2.72. The van der Waals surface area contributed by atoms with Gasteiger partial charge >= 0.3 is 0 Å². The van der Waals surface area contributed by atoms with Gasteiger partial charge in [-0.15, -0.1) is 0 Å². The van der Waals surface area contributed by atoms with Crippen molar-refractivity contribution >= 4 is 10.9 Å². The second-order valence-corrected chi connectivity index (χ2v) is 9.42. The number of H-pyrrole nitrogens is 1. The van der Waals surface area contributed by atoms with Gasteiger partial charge in [-0.2, -0.15) is 0 Å². The Morgan fingerprint density at radius 2 is 1.66 bits per heavy atom. The molecule has 3 aromatic rings. The van der Waals surface area contributed by atoms with Crippen LogP contribution in [0.15, 0.2) is 59.4 Å². The Morgan fingerprint density at radius 3 is 2.41 bits per heavy atom. The lowest BCUT2D eigenvalue weighted by molar-refractivity contribution is -0.160. The van der Waals surface area contributed by atoms with E-state index in [4.69, 9.17) is 9.72 Å². The summed E-state index contributed by atoms with van der Waals surface area (Å²) in [6, 6.07) is 17.9. The van der Waals surface area contributed by atoms with Crippen LogP contribution in [0.25, 0.3) is 10.9 Å². The highest BCUT2D eigenvalue weighted by molar-refractivity contribution is 5.77. The van der Waals surface area contributed by atoms with Crippen molar-refractivity contribution in [2.45, 2.75) is 44.1 Å². The summed E-state index contributed by atoms with van der Waals surface area (Å²) >= 11 is 0. The summed E-state index contributed by atoms with van der Waals surface area (Å²) in [5, 5.41) is 0.678. The van der Waals surface area contributed by atoms with Gasteiger partial charge in [0.1, 0.15) is 17.2 Å². The van der Waals surface area contributed by atoms with Gasteiger partial charge in [-0.05, 0) is 73.6 Å². The second-order valence-electron chi connectivity index (χ2n) is 9.42. The van der Waals surface area contributed by atoms with Crippen molar-refractivity contribution in [3.63, 3.8) is 0 Å². The Hall–Kier alpha value is -2.62. The minimum atomic E-state index is -0.0779. The first-order chi connectivity index (χ1) is 14.1. The van der Waals surface area contributed by atoms with Crippen LogP contribution < -0.4 is 10.3 Å². The van der Waals surface area contributed by atoms with Crippen molar-refractivity contribution in [1.29, 1.82) is 0 Å². The van der Waals surface area contributed by atoms with Gasteiger partial charge in [-0.25, -0.2) is 4.98 Å². The monoisotopic (exact) mass is 386 g/mol. The number of ether oxygens (including phenoxy) is 1. The molecule has 148 valence electrons. The molecule has 4 nitrogen and oxygen atoms in total. The first-order valence-corrected chi connectivity index (χ1v) is 10.9. The molecule has 0 saturated heterocycles. The summed E-state index contributed by atoms with van der Waals surface area (Å²) in [4.78, 5) is 20.7. The molecular weight excluding hydrogens is 360 g/mol. The minimum absolute atomic E-state index is 0.0111. The molecule has 0 amide bonds. The third-order valence-corrected chi connectivity index (χ3v) is 7.99. The molecule has 0 radical (unpaired) electrons. The van der Waals surface area contributed by atoms with Crippen LogP contribution in [-0.4, -0.2) is 15.6 Å². The van der Waals surface area contributed by atoms with Gasteiger partial charge in [0, 0.05) is 5.92 Å². The molecule has 7 rings (SSSR count). The van der Waals surface area contributed by atoms with Gasteiger partial charge in [-0.1, -0.05) is 37.3 Å². The summed E-state index contributed by atoms with van der Waals surface area (Å²) in [6.07, 6.45) is 4.55. The summed E-state index contributed by atoms with van der Waals surface area (Å²) in [5.74, 6) is 4.54. The molecule has 0 spiro atoms. The Kier molecular flexibility index (Phi) is 3.68. The van der Waals surface area contributed by atoms with Crippen LogP contribution in [0.1, 0.15) is 44.3 Å². The predicted molar refractivity (Wildman–Crippen MR) is 113 cm³/mol. The fraction of sp³-hybridized carbons (Fsp3) is 0.440. The van der Waals surface area contributed by atoms with Gasteiger partial charge in [0.05, 0.1) is 10.9 Å². The topological polar surface area (TPSA) is 55.0 Å². The zero-order valence-electron chi connectivity index (χ0n) is 16.7. The maximum atomic E-state index is 12.7. The van der Waals surface area contributed by atoms with Crippen molar-refractivity contribution in [2.75, 3.05) is 0 Å². The van der Waals surface area contributed by atoms with E-state index in [1.54, 1.807) is 0 Å². The molecule has 3 atom stereocenters. The lowest BCUT2D eigenvalue weighted by atomic mass is 9.46. The zero-order chi connectivity index (χ0) is 19.6. The number of aromatic amines is 1. The third kappa shape index (κ3) is 2.58.